The van der Waals surface area contributed by atoms with E-state index in [2.05, 4.69) is 15.3 Å². The summed E-state index contributed by atoms with van der Waals surface area (Å²) >= 11 is 5.57. The minimum atomic E-state index is -0.580. The Labute approximate surface area is 126 Å². The van der Waals surface area contributed by atoms with Gasteiger partial charge in [-0.25, -0.2) is 4.98 Å². The van der Waals surface area contributed by atoms with Crippen LogP contribution in [0, 0.1) is 0 Å². The van der Waals surface area contributed by atoms with Gasteiger partial charge in [-0.15, -0.1) is 11.6 Å². The van der Waals surface area contributed by atoms with Crippen LogP contribution in [0.15, 0.2) is 47.0 Å². The van der Waals surface area contributed by atoms with E-state index in [0.29, 0.717) is 23.7 Å². The molecule has 0 fully saturated rings. The molecule has 0 bridgehead atoms. The van der Waals surface area contributed by atoms with Gasteiger partial charge in [0.1, 0.15) is 0 Å². The molecule has 0 spiro atoms. The second-order valence-corrected chi connectivity index (χ2v) is 4.92. The lowest BCUT2D eigenvalue weighted by Gasteiger charge is -2.10. The average Bonchev–Trinajstić information content (AvgIpc) is 2.97. The molecule has 1 atom stereocenters. The van der Waals surface area contributed by atoms with Gasteiger partial charge in [-0.1, -0.05) is 6.07 Å². The van der Waals surface area contributed by atoms with Crippen molar-refractivity contribution in [1.29, 1.82) is 0 Å². The Morgan fingerprint density at radius 1 is 1.29 bits per heavy atom. The highest BCUT2D eigenvalue weighted by molar-refractivity contribution is 6.18. The number of benzene rings is 1. The van der Waals surface area contributed by atoms with Crippen LogP contribution in [-0.2, 0) is 0 Å². The van der Waals surface area contributed by atoms with Crippen LogP contribution in [-0.4, -0.2) is 33.6 Å². The van der Waals surface area contributed by atoms with Gasteiger partial charge in [0, 0.05) is 24.0 Å². The lowest BCUT2D eigenvalue weighted by molar-refractivity contribution is 0.211. The number of pyridine rings is 1. The van der Waals surface area contributed by atoms with Gasteiger partial charge in [-0.2, -0.15) is 4.98 Å². The Hall–Kier alpha value is -2.11. The smallest absolute Gasteiger partial charge is 0.228 e. The highest BCUT2D eigenvalue weighted by Gasteiger charge is 2.09. The van der Waals surface area contributed by atoms with Crippen LogP contribution < -0.4 is 5.32 Å². The van der Waals surface area contributed by atoms with Crippen LogP contribution >= 0.6 is 11.6 Å². The molecule has 3 aromatic rings. The van der Waals surface area contributed by atoms with Crippen LogP contribution in [0.1, 0.15) is 0 Å². The van der Waals surface area contributed by atoms with Crippen molar-refractivity contribution in [3.63, 3.8) is 0 Å². The van der Waals surface area contributed by atoms with E-state index in [1.165, 1.54) is 0 Å². The summed E-state index contributed by atoms with van der Waals surface area (Å²) in [4.78, 5) is 8.51. The van der Waals surface area contributed by atoms with Crippen LogP contribution in [0.25, 0.3) is 22.7 Å². The second kappa shape index (κ2) is 6.11. The molecule has 0 aliphatic heterocycles. The Kier molecular flexibility index (Phi) is 4.03. The molecule has 5 nitrogen and oxygen atoms in total. The number of nitrogens with one attached hydrogen (secondary N) is 1. The normalized spacial score (nSPS) is 12.5. The van der Waals surface area contributed by atoms with Gasteiger partial charge >= 0.3 is 0 Å². The van der Waals surface area contributed by atoms with E-state index in [1.54, 1.807) is 6.20 Å². The summed E-state index contributed by atoms with van der Waals surface area (Å²) in [6.07, 6.45) is 1.10. The zero-order valence-electron chi connectivity index (χ0n) is 11.2. The Morgan fingerprint density at radius 3 is 3.00 bits per heavy atom. The van der Waals surface area contributed by atoms with Crippen molar-refractivity contribution < 1.29 is 9.52 Å². The number of hydrogen-bond donors (Lipinski definition) is 2. The van der Waals surface area contributed by atoms with Gasteiger partial charge in [0.25, 0.3) is 0 Å². The first-order chi connectivity index (χ1) is 10.3. The summed E-state index contributed by atoms with van der Waals surface area (Å²) in [5.41, 5.74) is 2.96. The van der Waals surface area contributed by atoms with Crippen molar-refractivity contribution in [1.82, 2.24) is 9.97 Å². The largest absolute Gasteiger partial charge is 0.434 e. The predicted octanol–water partition coefficient (Wildman–Crippen LogP) is 2.90. The number of aromatic nitrogens is 2. The van der Waals surface area contributed by atoms with Crippen molar-refractivity contribution in [2.75, 3.05) is 17.7 Å². The summed E-state index contributed by atoms with van der Waals surface area (Å²) < 4.78 is 5.68. The number of nitrogens with zero attached hydrogens (tertiary/aromatic N) is 2. The minimum Gasteiger partial charge on any atom is -0.434 e. The van der Waals surface area contributed by atoms with Crippen molar-refractivity contribution in [3.05, 3.63) is 42.6 Å². The zero-order chi connectivity index (χ0) is 14.7. The van der Waals surface area contributed by atoms with E-state index < -0.39 is 6.10 Å². The number of oxazole rings is 1. The number of anilines is 1. The average molecular weight is 304 g/mol. The highest BCUT2D eigenvalue weighted by Crippen LogP contribution is 2.25. The molecule has 0 amide bonds. The van der Waals surface area contributed by atoms with Gasteiger partial charge in [-0.05, 0) is 30.3 Å². The minimum absolute atomic E-state index is 0.198. The number of rotatable bonds is 5. The van der Waals surface area contributed by atoms with E-state index in [9.17, 15) is 5.11 Å². The summed E-state index contributed by atoms with van der Waals surface area (Å²) in [5.74, 6) is 0.717. The fourth-order valence-corrected chi connectivity index (χ4v) is 2.05. The molecule has 1 unspecified atom stereocenters. The molecule has 0 saturated carbocycles. The molecule has 2 aromatic heterocycles. The van der Waals surface area contributed by atoms with Crippen LogP contribution in [0.4, 0.5) is 5.69 Å². The molecule has 0 saturated heterocycles. The van der Waals surface area contributed by atoms with Crippen molar-refractivity contribution in [2.24, 2.45) is 0 Å². The molecule has 0 radical (unpaired) electrons. The van der Waals surface area contributed by atoms with Gasteiger partial charge in [0.2, 0.25) is 5.89 Å². The van der Waals surface area contributed by atoms with Crippen LogP contribution in [0.2, 0.25) is 0 Å². The van der Waals surface area contributed by atoms with Gasteiger partial charge in [0.15, 0.2) is 11.2 Å². The number of alkyl halides is 1. The molecule has 6 heteroatoms. The van der Waals surface area contributed by atoms with Crippen molar-refractivity contribution >= 4 is 28.5 Å². The van der Waals surface area contributed by atoms with Crippen LogP contribution in [0.3, 0.4) is 0 Å². The number of aliphatic hydroxyl groups excluding tert-OH is 1. The highest BCUT2D eigenvalue weighted by atomic mass is 35.5. The van der Waals surface area contributed by atoms with Gasteiger partial charge < -0.3 is 14.8 Å². The molecule has 3 rings (SSSR count). The topological polar surface area (TPSA) is 71.2 Å². The van der Waals surface area contributed by atoms with E-state index >= 15 is 0 Å². The molecule has 108 valence electrons. The molecule has 2 N–H and O–H groups in total. The van der Waals surface area contributed by atoms with Gasteiger partial charge in [-0.3, -0.25) is 0 Å². The SMILES string of the molecule is OC(CCl)CNc1cccc(-c2nc3ncccc3o2)c1. The molecule has 21 heavy (non-hydrogen) atoms. The maximum atomic E-state index is 9.47. The third kappa shape index (κ3) is 3.15. The lowest BCUT2D eigenvalue weighted by Crippen LogP contribution is -2.20. The quantitative estimate of drug-likeness (QED) is 0.709. The molecular formula is C15H14ClN3O2. The van der Waals surface area contributed by atoms with E-state index in [1.807, 2.05) is 36.4 Å². The summed E-state index contributed by atoms with van der Waals surface area (Å²) in [6.45, 7) is 0.391. The first kappa shape index (κ1) is 13.9. The molecule has 1 aromatic carbocycles. The summed E-state index contributed by atoms with van der Waals surface area (Å²) in [6, 6.07) is 11.3. The first-order valence-corrected chi connectivity index (χ1v) is 7.09. The van der Waals surface area contributed by atoms with E-state index in [4.69, 9.17) is 16.0 Å². The predicted molar refractivity (Wildman–Crippen MR) is 82.5 cm³/mol. The number of halogens is 1. The standard InChI is InChI=1S/C15H14ClN3O2/c16-8-12(20)9-18-11-4-1-3-10(7-11)15-19-14-13(21-15)5-2-6-17-14/h1-7,12,18,20H,8-9H2. The van der Waals surface area contributed by atoms with Crippen molar-refractivity contribution in [3.8, 4) is 11.5 Å². The molecular weight excluding hydrogens is 290 g/mol. The number of aliphatic hydroxyl groups is 1. The van der Waals surface area contributed by atoms with Gasteiger partial charge in [0.05, 0.1) is 12.0 Å². The Bertz CT molecular complexity index is 711. The lowest BCUT2D eigenvalue weighted by atomic mass is 10.2. The fourth-order valence-electron chi connectivity index (χ4n) is 1.94. The number of fused-ring (bicyclic) bond motifs is 1. The molecule has 0 aliphatic carbocycles. The first-order valence-electron chi connectivity index (χ1n) is 6.56. The second-order valence-electron chi connectivity index (χ2n) is 4.61. The Balaban J connectivity index is 1.85. The third-order valence-electron chi connectivity index (χ3n) is 2.99. The third-order valence-corrected chi connectivity index (χ3v) is 3.35. The number of hydrogen-bond acceptors (Lipinski definition) is 5. The maximum absolute atomic E-state index is 9.47. The monoisotopic (exact) mass is 303 g/mol. The zero-order valence-corrected chi connectivity index (χ0v) is 11.9. The summed E-state index contributed by atoms with van der Waals surface area (Å²) in [7, 11) is 0. The fraction of sp³-hybridized carbons (Fsp3) is 0.200. The Morgan fingerprint density at radius 2 is 2.19 bits per heavy atom. The van der Waals surface area contributed by atoms with Crippen molar-refractivity contribution in [2.45, 2.75) is 6.10 Å². The van der Waals surface area contributed by atoms with Crippen LogP contribution in [0.5, 0.6) is 0 Å². The molecule has 0 aliphatic rings. The summed E-state index contributed by atoms with van der Waals surface area (Å²) in [5, 5.41) is 12.6. The van der Waals surface area contributed by atoms with E-state index in [0.717, 1.165) is 11.3 Å². The molecule has 2 heterocycles. The van der Waals surface area contributed by atoms with E-state index in [-0.39, 0.29) is 5.88 Å². The maximum Gasteiger partial charge on any atom is 0.228 e.